The van der Waals surface area contributed by atoms with Gasteiger partial charge in [0, 0.05) is 20.5 Å². The number of fused-ring (bicyclic) bond motifs is 1. The van der Waals surface area contributed by atoms with Gasteiger partial charge in [-0.1, -0.05) is 11.6 Å². The van der Waals surface area contributed by atoms with Crippen LogP contribution in [0.15, 0.2) is 17.5 Å². The smallest absolute Gasteiger partial charge is 0.134 e. The van der Waals surface area contributed by atoms with Crippen LogP contribution in [0.25, 0.3) is 10.1 Å². The molecule has 0 aliphatic carbocycles. The first kappa shape index (κ1) is 7.90. The second kappa shape index (κ2) is 2.64. The monoisotopic (exact) mass is 198 g/mol. The Morgan fingerprint density at radius 1 is 1.42 bits per heavy atom. The predicted octanol–water partition coefficient (Wildman–Crippen LogP) is 3.57. The van der Waals surface area contributed by atoms with Crippen molar-refractivity contribution in [2.45, 2.75) is 6.92 Å². The molecule has 2 aromatic rings. The minimum atomic E-state index is 0.351. The summed E-state index contributed by atoms with van der Waals surface area (Å²) >= 11 is 7.37. The largest absolute Gasteiger partial charge is 0.506 e. The summed E-state index contributed by atoms with van der Waals surface area (Å²) in [5.41, 5.74) is 1.02. The number of aryl methyl sites for hydroxylation is 1. The van der Waals surface area contributed by atoms with E-state index in [2.05, 4.69) is 0 Å². The van der Waals surface area contributed by atoms with Crippen molar-refractivity contribution in [3.63, 3.8) is 0 Å². The third kappa shape index (κ3) is 1.08. The maximum Gasteiger partial charge on any atom is 0.134 e. The van der Waals surface area contributed by atoms with E-state index in [1.54, 1.807) is 5.38 Å². The summed E-state index contributed by atoms with van der Waals surface area (Å²) in [5, 5.41) is 12.8. The first-order chi connectivity index (χ1) is 5.68. The summed E-state index contributed by atoms with van der Waals surface area (Å²) in [5.74, 6) is 0.351. The average Bonchev–Trinajstić information content (AvgIpc) is 2.31. The molecule has 62 valence electrons. The van der Waals surface area contributed by atoms with Gasteiger partial charge in [0.15, 0.2) is 0 Å². The van der Waals surface area contributed by atoms with Crippen LogP contribution in [0.2, 0.25) is 5.02 Å². The van der Waals surface area contributed by atoms with E-state index in [9.17, 15) is 5.11 Å². The van der Waals surface area contributed by atoms with Crippen molar-refractivity contribution in [3.8, 4) is 5.75 Å². The molecule has 2 rings (SSSR count). The normalized spacial score (nSPS) is 10.8. The quantitative estimate of drug-likeness (QED) is 0.686. The summed E-state index contributed by atoms with van der Waals surface area (Å²) in [7, 11) is 0. The van der Waals surface area contributed by atoms with Gasteiger partial charge in [-0.05, 0) is 24.6 Å². The van der Waals surface area contributed by atoms with Gasteiger partial charge < -0.3 is 5.11 Å². The summed E-state index contributed by atoms with van der Waals surface area (Å²) in [6.45, 7) is 1.95. The van der Waals surface area contributed by atoms with Crippen molar-refractivity contribution in [2.24, 2.45) is 0 Å². The van der Waals surface area contributed by atoms with E-state index in [0.29, 0.717) is 5.75 Å². The van der Waals surface area contributed by atoms with Crippen molar-refractivity contribution >= 4 is 33.0 Å². The summed E-state index contributed by atoms with van der Waals surface area (Å²) < 4.78 is 1.04. The second-order valence-corrected chi connectivity index (χ2v) is 4.06. The number of hydrogen-bond donors (Lipinski definition) is 1. The van der Waals surface area contributed by atoms with E-state index >= 15 is 0 Å². The molecular formula is C9H7ClOS. The lowest BCUT2D eigenvalue weighted by atomic mass is 10.1. The fourth-order valence-corrected chi connectivity index (χ4v) is 2.58. The fourth-order valence-electron chi connectivity index (χ4n) is 1.31. The highest BCUT2D eigenvalue weighted by Gasteiger charge is 2.05. The van der Waals surface area contributed by atoms with Crippen molar-refractivity contribution in [1.82, 2.24) is 0 Å². The zero-order valence-corrected chi connectivity index (χ0v) is 8.04. The molecule has 1 nitrogen and oxygen atoms in total. The number of thiophene rings is 1. The van der Waals surface area contributed by atoms with Crippen LogP contribution in [0.4, 0.5) is 0 Å². The van der Waals surface area contributed by atoms with Crippen molar-refractivity contribution in [3.05, 3.63) is 28.1 Å². The Morgan fingerprint density at radius 2 is 2.17 bits per heavy atom. The average molecular weight is 199 g/mol. The number of halogens is 1. The Bertz CT molecular complexity index is 433. The molecule has 1 N–H and O–H groups in total. The number of benzene rings is 1. The van der Waals surface area contributed by atoms with Crippen LogP contribution in [0.5, 0.6) is 5.75 Å². The molecule has 0 radical (unpaired) electrons. The van der Waals surface area contributed by atoms with E-state index in [0.717, 1.165) is 20.7 Å². The molecule has 12 heavy (non-hydrogen) atoms. The first-order valence-electron chi connectivity index (χ1n) is 3.55. The maximum absolute atomic E-state index is 9.45. The lowest BCUT2D eigenvalue weighted by Gasteiger charge is -1.97. The number of rotatable bonds is 0. The van der Waals surface area contributed by atoms with Crippen molar-refractivity contribution in [2.75, 3.05) is 0 Å². The van der Waals surface area contributed by atoms with Gasteiger partial charge in [-0.2, -0.15) is 0 Å². The Morgan fingerprint density at radius 3 is 2.92 bits per heavy atom. The Labute approximate surface area is 79.2 Å². The highest BCUT2D eigenvalue weighted by Crippen LogP contribution is 2.35. The molecule has 1 heterocycles. The molecule has 0 atom stereocenters. The van der Waals surface area contributed by atoms with Crippen LogP contribution in [0, 0.1) is 6.92 Å². The Kier molecular flexibility index (Phi) is 1.74. The molecule has 0 saturated carbocycles. The van der Waals surface area contributed by atoms with Crippen LogP contribution < -0.4 is 0 Å². The van der Waals surface area contributed by atoms with Crippen molar-refractivity contribution < 1.29 is 5.11 Å². The van der Waals surface area contributed by atoms with Gasteiger partial charge in [-0.25, -0.2) is 0 Å². The topological polar surface area (TPSA) is 20.2 Å². The highest BCUT2D eigenvalue weighted by atomic mass is 35.5. The van der Waals surface area contributed by atoms with Crippen LogP contribution in [-0.2, 0) is 0 Å². The molecule has 0 unspecified atom stereocenters. The number of aromatic hydroxyl groups is 1. The lowest BCUT2D eigenvalue weighted by molar-refractivity contribution is 0.483. The first-order valence-corrected chi connectivity index (χ1v) is 4.80. The zero-order valence-electron chi connectivity index (χ0n) is 6.47. The van der Waals surface area contributed by atoms with E-state index in [-0.39, 0.29) is 0 Å². The third-order valence-corrected chi connectivity index (χ3v) is 2.95. The summed E-state index contributed by atoms with van der Waals surface area (Å²) in [4.78, 5) is 0. The van der Waals surface area contributed by atoms with E-state index in [4.69, 9.17) is 11.6 Å². The van der Waals surface area contributed by atoms with Gasteiger partial charge in [0.05, 0.1) is 0 Å². The third-order valence-electron chi connectivity index (χ3n) is 1.82. The summed E-state index contributed by atoms with van der Waals surface area (Å²) in [6, 6.07) is 3.73. The molecule has 1 aromatic carbocycles. The van der Waals surface area contributed by atoms with Crippen LogP contribution in [0.3, 0.4) is 0 Å². The van der Waals surface area contributed by atoms with Gasteiger partial charge in [0.2, 0.25) is 0 Å². The highest BCUT2D eigenvalue weighted by molar-refractivity contribution is 7.17. The lowest BCUT2D eigenvalue weighted by Crippen LogP contribution is -1.73. The fraction of sp³-hybridized carbons (Fsp3) is 0.111. The van der Waals surface area contributed by atoms with Gasteiger partial charge in [0.1, 0.15) is 5.75 Å². The van der Waals surface area contributed by atoms with Gasteiger partial charge in [0.25, 0.3) is 0 Å². The molecular weight excluding hydrogens is 192 g/mol. The predicted molar refractivity (Wildman–Crippen MR) is 53.2 cm³/mol. The minimum absolute atomic E-state index is 0.351. The SMILES string of the molecule is Cc1cc(Cl)cc2scc(O)c12. The van der Waals surface area contributed by atoms with Gasteiger partial charge in [-0.3, -0.25) is 0 Å². The molecule has 0 saturated heterocycles. The van der Waals surface area contributed by atoms with E-state index < -0.39 is 0 Å². The van der Waals surface area contributed by atoms with Crippen LogP contribution in [0.1, 0.15) is 5.56 Å². The standard InChI is InChI=1S/C9H7ClOS/c1-5-2-6(10)3-8-9(5)7(11)4-12-8/h2-4,11H,1H3. The molecule has 0 bridgehead atoms. The molecule has 0 spiro atoms. The molecule has 0 fully saturated rings. The second-order valence-electron chi connectivity index (χ2n) is 2.72. The Hall–Kier alpha value is -0.730. The molecule has 0 amide bonds. The van der Waals surface area contributed by atoms with Crippen LogP contribution >= 0.6 is 22.9 Å². The Balaban J connectivity index is 2.93. The zero-order chi connectivity index (χ0) is 8.72. The maximum atomic E-state index is 9.45. The van der Waals surface area contributed by atoms with Crippen LogP contribution in [-0.4, -0.2) is 5.11 Å². The molecule has 3 heteroatoms. The molecule has 0 aliphatic heterocycles. The van der Waals surface area contributed by atoms with E-state index in [1.165, 1.54) is 11.3 Å². The molecule has 0 aliphatic rings. The van der Waals surface area contributed by atoms with Gasteiger partial charge >= 0.3 is 0 Å². The summed E-state index contributed by atoms with van der Waals surface area (Å²) in [6.07, 6.45) is 0. The molecule has 1 aromatic heterocycles. The van der Waals surface area contributed by atoms with E-state index in [1.807, 2.05) is 19.1 Å². The minimum Gasteiger partial charge on any atom is -0.506 e. The van der Waals surface area contributed by atoms with Gasteiger partial charge in [-0.15, -0.1) is 11.3 Å². The number of hydrogen-bond acceptors (Lipinski definition) is 2. The van der Waals surface area contributed by atoms with Crippen molar-refractivity contribution in [1.29, 1.82) is 0 Å².